The molecule has 1 atom stereocenters. The van der Waals surface area contributed by atoms with E-state index >= 15 is 0 Å². The quantitative estimate of drug-likeness (QED) is 0.720. The number of carboxylic acids is 1. The van der Waals surface area contributed by atoms with Gasteiger partial charge in [0.15, 0.2) is 5.82 Å². The van der Waals surface area contributed by atoms with Crippen LogP contribution < -0.4 is 0 Å². The molecule has 0 aliphatic carbocycles. The van der Waals surface area contributed by atoms with Gasteiger partial charge in [-0.3, -0.25) is 9.69 Å². The molecule has 0 bridgehead atoms. The van der Waals surface area contributed by atoms with E-state index in [1.165, 1.54) is 0 Å². The van der Waals surface area contributed by atoms with Crippen molar-refractivity contribution in [2.45, 2.75) is 46.7 Å². The molecule has 0 aromatic carbocycles. The summed E-state index contributed by atoms with van der Waals surface area (Å²) in [7, 11) is 0. The number of rotatable bonds is 9. The molecule has 0 radical (unpaired) electrons. The Kier molecular flexibility index (Phi) is 6.41. The van der Waals surface area contributed by atoms with Crippen LogP contribution >= 0.6 is 0 Å². The lowest BCUT2D eigenvalue weighted by molar-refractivity contribution is -0.141. The van der Waals surface area contributed by atoms with E-state index in [2.05, 4.69) is 22.4 Å². The highest BCUT2D eigenvalue weighted by atomic mass is 16.4. The van der Waals surface area contributed by atoms with Crippen molar-refractivity contribution in [1.82, 2.24) is 25.1 Å². The average Bonchev–Trinajstić information content (AvgIpc) is 2.82. The Labute approximate surface area is 113 Å². The zero-order valence-corrected chi connectivity index (χ0v) is 11.9. The second-order valence-electron chi connectivity index (χ2n) is 4.74. The van der Waals surface area contributed by atoms with Crippen molar-refractivity contribution in [3.63, 3.8) is 0 Å². The van der Waals surface area contributed by atoms with Crippen LogP contribution in [0.25, 0.3) is 0 Å². The lowest BCUT2D eigenvalue weighted by atomic mass is 10.1. The molecule has 0 saturated carbocycles. The molecule has 7 heteroatoms. The standard InChI is InChI=1S/C12H23N5O2/c1-4-6-7-17-11(13-14-15-17)9-16(5-2)8-10(3)12(18)19/h10H,4-9H2,1-3H3,(H,18,19). The molecule has 0 aliphatic heterocycles. The van der Waals surface area contributed by atoms with Gasteiger partial charge >= 0.3 is 5.97 Å². The number of aryl methyl sites for hydroxylation is 1. The van der Waals surface area contributed by atoms with Gasteiger partial charge in [0.25, 0.3) is 0 Å². The van der Waals surface area contributed by atoms with E-state index in [0.717, 1.165) is 31.8 Å². The van der Waals surface area contributed by atoms with E-state index in [4.69, 9.17) is 5.11 Å². The SMILES string of the molecule is CCCCn1nnnc1CN(CC)CC(C)C(=O)O. The monoisotopic (exact) mass is 269 g/mol. The van der Waals surface area contributed by atoms with E-state index in [0.29, 0.717) is 13.1 Å². The van der Waals surface area contributed by atoms with Crippen LogP contribution in [0.5, 0.6) is 0 Å². The molecule has 0 spiro atoms. The summed E-state index contributed by atoms with van der Waals surface area (Å²) >= 11 is 0. The van der Waals surface area contributed by atoms with Gasteiger partial charge in [-0.05, 0) is 23.4 Å². The first kappa shape index (κ1) is 15.6. The molecule has 1 heterocycles. The first-order chi connectivity index (χ1) is 9.08. The number of tetrazole rings is 1. The van der Waals surface area contributed by atoms with Gasteiger partial charge < -0.3 is 5.11 Å². The summed E-state index contributed by atoms with van der Waals surface area (Å²) in [6.07, 6.45) is 2.13. The normalized spacial score (nSPS) is 12.8. The second kappa shape index (κ2) is 7.83. The largest absolute Gasteiger partial charge is 0.481 e. The maximum absolute atomic E-state index is 10.9. The Morgan fingerprint density at radius 1 is 1.47 bits per heavy atom. The Hall–Kier alpha value is -1.50. The molecule has 1 rings (SSSR count). The van der Waals surface area contributed by atoms with Crippen LogP contribution in [0.2, 0.25) is 0 Å². The van der Waals surface area contributed by atoms with Gasteiger partial charge in [0.1, 0.15) is 0 Å². The minimum atomic E-state index is -0.774. The van der Waals surface area contributed by atoms with Gasteiger partial charge in [-0.2, -0.15) is 0 Å². The van der Waals surface area contributed by atoms with Crippen molar-refractivity contribution < 1.29 is 9.90 Å². The Morgan fingerprint density at radius 2 is 2.21 bits per heavy atom. The Balaban J connectivity index is 2.60. The summed E-state index contributed by atoms with van der Waals surface area (Å²) in [5.74, 6) is -0.364. The van der Waals surface area contributed by atoms with Crippen LogP contribution in [0.3, 0.4) is 0 Å². The number of carboxylic acid groups (broad SMARTS) is 1. The minimum Gasteiger partial charge on any atom is -0.481 e. The highest BCUT2D eigenvalue weighted by molar-refractivity contribution is 5.69. The zero-order chi connectivity index (χ0) is 14.3. The van der Waals surface area contributed by atoms with Crippen LogP contribution in [-0.4, -0.2) is 49.3 Å². The van der Waals surface area contributed by atoms with Crippen molar-refractivity contribution in [3.05, 3.63) is 5.82 Å². The highest BCUT2D eigenvalue weighted by Gasteiger charge is 2.17. The van der Waals surface area contributed by atoms with Gasteiger partial charge in [-0.25, -0.2) is 4.68 Å². The fourth-order valence-corrected chi connectivity index (χ4v) is 1.79. The van der Waals surface area contributed by atoms with Crippen LogP contribution in [0.15, 0.2) is 0 Å². The topological polar surface area (TPSA) is 84.1 Å². The van der Waals surface area contributed by atoms with E-state index in [1.807, 2.05) is 11.8 Å². The predicted molar refractivity (Wildman–Crippen MR) is 70.5 cm³/mol. The maximum atomic E-state index is 10.9. The van der Waals surface area contributed by atoms with Crippen LogP contribution in [0.1, 0.15) is 39.4 Å². The number of hydrogen-bond acceptors (Lipinski definition) is 5. The van der Waals surface area contributed by atoms with Gasteiger partial charge in [0, 0.05) is 13.1 Å². The van der Waals surface area contributed by atoms with Crippen LogP contribution in [0, 0.1) is 5.92 Å². The van der Waals surface area contributed by atoms with Crippen molar-refractivity contribution in [2.24, 2.45) is 5.92 Å². The van der Waals surface area contributed by atoms with E-state index in [-0.39, 0.29) is 5.92 Å². The first-order valence-corrected chi connectivity index (χ1v) is 6.78. The van der Waals surface area contributed by atoms with E-state index in [1.54, 1.807) is 11.6 Å². The molecule has 0 amide bonds. The number of nitrogens with zero attached hydrogens (tertiary/aromatic N) is 5. The summed E-state index contributed by atoms with van der Waals surface area (Å²) in [5, 5.41) is 20.6. The van der Waals surface area contributed by atoms with E-state index in [9.17, 15) is 4.79 Å². The van der Waals surface area contributed by atoms with Crippen molar-refractivity contribution in [3.8, 4) is 0 Å². The Bertz CT molecular complexity index is 393. The molecule has 7 nitrogen and oxygen atoms in total. The molecule has 1 unspecified atom stereocenters. The molecular formula is C12H23N5O2. The second-order valence-corrected chi connectivity index (χ2v) is 4.74. The van der Waals surface area contributed by atoms with Gasteiger partial charge in [-0.15, -0.1) is 5.10 Å². The zero-order valence-electron chi connectivity index (χ0n) is 11.9. The number of hydrogen-bond donors (Lipinski definition) is 1. The van der Waals surface area contributed by atoms with Crippen LogP contribution in [-0.2, 0) is 17.9 Å². The number of carbonyl (C=O) groups is 1. The maximum Gasteiger partial charge on any atom is 0.307 e. The number of aromatic nitrogens is 4. The molecular weight excluding hydrogens is 246 g/mol. The lowest BCUT2D eigenvalue weighted by Gasteiger charge is -2.21. The molecule has 108 valence electrons. The summed E-state index contributed by atoms with van der Waals surface area (Å²) in [6, 6.07) is 0. The smallest absolute Gasteiger partial charge is 0.307 e. The third-order valence-corrected chi connectivity index (χ3v) is 3.10. The molecule has 0 saturated heterocycles. The third kappa shape index (κ3) is 4.94. The lowest BCUT2D eigenvalue weighted by Crippen LogP contribution is -2.32. The molecule has 0 aliphatic rings. The summed E-state index contributed by atoms with van der Waals surface area (Å²) < 4.78 is 1.80. The average molecular weight is 269 g/mol. The predicted octanol–water partition coefficient (Wildman–Crippen LogP) is 1.02. The number of aliphatic carboxylic acids is 1. The molecule has 1 aromatic heterocycles. The van der Waals surface area contributed by atoms with Crippen molar-refractivity contribution in [2.75, 3.05) is 13.1 Å². The minimum absolute atomic E-state index is 0.389. The van der Waals surface area contributed by atoms with Gasteiger partial charge in [0.05, 0.1) is 12.5 Å². The van der Waals surface area contributed by atoms with Gasteiger partial charge in [-0.1, -0.05) is 27.2 Å². The van der Waals surface area contributed by atoms with Crippen LogP contribution in [0.4, 0.5) is 0 Å². The highest BCUT2D eigenvalue weighted by Crippen LogP contribution is 2.06. The molecule has 19 heavy (non-hydrogen) atoms. The molecule has 1 N–H and O–H groups in total. The van der Waals surface area contributed by atoms with Gasteiger partial charge in [0.2, 0.25) is 0 Å². The van der Waals surface area contributed by atoms with Crippen molar-refractivity contribution >= 4 is 5.97 Å². The number of unbranched alkanes of at least 4 members (excludes halogenated alkanes) is 1. The summed E-state index contributed by atoms with van der Waals surface area (Å²) in [5.41, 5.74) is 0. The Morgan fingerprint density at radius 3 is 2.79 bits per heavy atom. The first-order valence-electron chi connectivity index (χ1n) is 6.78. The fourth-order valence-electron chi connectivity index (χ4n) is 1.79. The summed E-state index contributed by atoms with van der Waals surface area (Å²) in [6.45, 7) is 8.52. The molecule has 1 aromatic rings. The van der Waals surface area contributed by atoms with Crippen molar-refractivity contribution in [1.29, 1.82) is 0 Å². The molecule has 0 fully saturated rings. The third-order valence-electron chi connectivity index (χ3n) is 3.10. The van der Waals surface area contributed by atoms with E-state index < -0.39 is 5.97 Å². The fraction of sp³-hybridized carbons (Fsp3) is 0.833. The summed E-state index contributed by atoms with van der Waals surface area (Å²) in [4.78, 5) is 12.9.